The Morgan fingerprint density at radius 3 is 2.03 bits per heavy atom. The van der Waals surface area contributed by atoms with Crippen LogP contribution in [-0.4, -0.2) is 145 Å². The maximum atomic E-state index is 13.8. The zero-order valence-electron chi connectivity index (χ0n) is 50.0. The van der Waals surface area contributed by atoms with Gasteiger partial charge in [0.1, 0.15) is 23.8 Å². The first-order valence-electron chi connectivity index (χ1n) is 29.5. The van der Waals surface area contributed by atoms with E-state index in [0.717, 1.165) is 57.8 Å². The van der Waals surface area contributed by atoms with Crippen LogP contribution in [0.4, 0.5) is 11.4 Å². The third kappa shape index (κ3) is 16.6. The molecular formula is C63H82N3O17S3+. The molecule has 0 spiro atoms. The minimum atomic E-state index is -4.56. The van der Waals surface area contributed by atoms with E-state index in [1.54, 1.807) is 24.3 Å². The number of hydrogen-bond donors (Lipinski definition) is 4. The van der Waals surface area contributed by atoms with Crippen LogP contribution in [0.3, 0.4) is 0 Å². The number of allylic oxidation sites excluding steroid dienone is 8. The van der Waals surface area contributed by atoms with Crippen molar-refractivity contribution in [2.75, 3.05) is 88.9 Å². The summed E-state index contributed by atoms with van der Waals surface area (Å²) in [7, 11) is -12.9. The van der Waals surface area contributed by atoms with E-state index in [1.807, 2.05) is 37.8 Å². The SMILES string of the molecule is CCC(=O)CCOCCOCCOCCOCCNC(=O)c1ccc2c(c1)OC1=C3C(=C(/C=C/C4=[N+](CCCCS(=O)(=O)O)c5ccc(C)cc5C4(C)C)CCC3CC/C1=C\C=C1\N(CCCCS(=O)(=O)O)c3ccc(S(=O)(=O)O)cc3C1(C)C)O2. The van der Waals surface area contributed by atoms with Crippen LogP contribution in [0.1, 0.15) is 126 Å². The average molecular weight is 1250 g/mol. The van der Waals surface area contributed by atoms with Crippen LogP contribution >= 0.6 is 0 Å². The fourth-order valence-corrected chi connectivity index (χ4v) is 13.4. The summed E-state index contributed by atoms with van der Waals surface area (Å²) in [6, 6.07) is 15.9. The predicted octanol–water partition coefficient (Wildman–Crippen LogP) is 9.47. The van der Waals surface area contributed by atoms with Crippen molar-refractivity contribution < 1.29 is 81.5 Å². The summed E-state index contributed by atoms with van der Waals surface area (Å²) < 4.78 is 139. The average Bonchev–Trinajstić information content (AvgIpc) is 1.63. The molecule has 1 amide bonds. The third-order valence-electron chi connectivity index (χ3n) is 16.4. The van der Waals surface area contributed by atoms with Gasteiger partial charge in [-0.2, -0.15) is 29.8 Å². The molecule has 468 valence electrons. The van der Waals surface area contributed by atoms with Crippen molar-refractivity contribution in [2.45, 2.75) is 121 Å². The molecule has 0 radical (unpaired) electrons. The molecule has 2 aliphatic carbocycles. The van der Waals surface area contributed by atoms with Crippen molar-refractivity contribution >= 4 is 59.1 Å². The number of benzene rings is 3. The quantitative estimate of drug-likeness (QED) is 0.0265. The number of rotatable bonds is 31. The first-order valence-corrected chi connectivity index (χ1v) is 34.2. The van der Waals surface area contributed by atoms with Gasteiger partial charge >= 0.3 is 0 Å². The van der Waals surface area contributed by atoms with Gasteiger partial charge in [0.2, 0.25) is 5.69 Å². The minimum Gasteiger partial charge on any atom is -0.453 e. The number of ether oxygens (including phenoxy) is 6. The number of amides is 1. The summed E-state index contributed by atoms with van der Waals surface area (Å²) in [6.45, 7) is 16.0. The molecule has 23 heteroatoms. The number of aryl methyl sites for hydroxylation is 1. The number of Topliss-reactive ketones (excluding diaryl/α,β-unsaturated/α-hetero) is 1. The number of fused-ring (bicyclic) bond motifs is 3. The molecule has 3 aliphatic heterocycles. The summed E-state index contributed by atoms with van der Waals surface area (Å²) in [5.41, 5.74) is 8.06. The van der Waals surface area contributed by atoms with Gasteiger partial charge in [0.25, 0.3) is 36.3 Å². The topological polar surface area (TPSA) is 271 Å². The van der Waals surface area contributed by atoms with E-state index in [9.17, 15) is 48.5 Å². The third-order valence-corrected chi connectivity index (χ3v) is 18.8. The first kappa shape index (κ1) is 66.1. The standard InChI is InChI=1S/C63H81N3O17S3/c1-7-48(67)26-30-78-32-34-80-36-37-81-35-33-79-31-27-64-61(68)47-17-23-54-55(41-47)83-60-46(19-25-57-63(5,6)51-42-49(86(75,76)77)20-22-53(51)66(57)29-9-11-39-85(72,73)74)16-14-44-13-15-45(59(82-54)58(44)60)18-24-56-62(3,4)50-40-43(2)12-21-52(50)65(56)28-8-10-38-84(69,70)71/h12,17-25,40-42,44H,7-11,13-16,26-39H2,1-6H3,(H3-,64,68,69,70,71,72,73,74,75,76,77)/p+1. The number of nitrogens with zero attached hydrogens (tertiary/aromatic N) is 2. The van der Waals surface area contributed by atoms with Gasteiger partial charge in [-0.3, -0.25) is 23.2 Å². The molecule has 8 rings (SSSR count). The van der Waals surface area contributed by atoms with Gasteiger partial charge in [0.15, 0.2) is 17.2 Å². The fourth-order valence-electron chi connectivity index (χ4n) is 11.7. The monoisotopic (exact) mass is 1250 g/mol. The number of nitrogens with one attached hydrogen (secondary N) is 1. The molecule has 1 unspecified atom stereocenters. The van der Waals surface area contributed by atoms with E-state index in [-0.39, 0.29) is 54.2 Å². The molecule has 3 aromatic rings. The lowest BCUT2D eigenvalue weighted by Crippen LogP contribution is -2.28. The second-order valence-electron chi connectivity index (χ2n) is 23.3. The highest BCUT2D eigenvalue weighted by Crippen LogP contribution is 2.52. The van der Waals surface area contributed by atoms with Crippen molar-refractivity contribution in [1.29, 1.82) is 0 Å². The maximum absolute atomic E-state index is 13.8. The van der Waals surface area contributed by atoms with E-state index in [1.165, 1.54) is 12.1 Å². The Kier molecular flexibility index (Phi) is 21.9. The van der Waals surface area contributed by atoms with Crippen LogP contribution in [0.15, 0.2) is 118 Å². The Morgan fingerprint density at radius 1 is 0.709 bits per heavy atom. The predicted molar refractivity (Wildman–Crippen MR) is 326 cm³/mol. The van der Waals surface area contributed by atoms with E-state index >= 15 is 0 Å². The molecule has 0 aromatic heterocycles. The molecule has 0 fully saturated rings. The van der Waals surface area contributed by atoms with Gasteiger partial charge in [-0.05, 0) is 143 Å². The van der Waals surface area contributed by atoms with Crippen molar-refractivity contribution in [2.24, 2.45) is 5.92 Å². The van der Waals surface area contributed by atoms with E-state index in [4.69, 9.17) is 28.4 Å². The summed E-state index contributed by atoms with van der Waals surface area (Å²) in [5, 5.41) is 2.93. The van der Waals surface area contributed by atoms with Crippen LogP contribution in [0.25, 0.3) is 0 Å². The molecule has 20 nitrogen and oxygen atoms in total. The molecule has 0 saturated heterocycles. The van der Waals surface area contributed by atoms with Gasteiger partial charge in [0, 0.05) is 78.0 Å². The van der Waals surface area contributed by atoms with Crippen LogP contribution in [0, 0.1) is 12.8 Å². The molecule has 4 N–H and O–H groups in total. The van der Waals surface area contributed by atoms with E-state index < -0.39 is 46.9 Å². The number of hydrogen-bond acceptors (Lipinski definition) is 15. The Hall–Kier alpha value is -5.86. The Bertz CT molecular complexity index is 3580. The molecule has 0 saturated carbocycles. The first-order chi connectivity index (χ1) is 40.8. The van der Waals surface area contributed by atoms with E-state index in [2.05, 4.69) is 61.0 Å². The lowest BCUT2D eigenvalue weighted by molar-refractivity contribution is -0.438. The summed E-state index contributed by atoms with van der Waals surface area (Å²) in [4.78, 5) is 27.0. The minimum absolute atomic E-state index is 0.0325. The van der Waals surface area contributed by atoms with Crippen molar-refractivity contribution in [3.8, 4) is 11.5 Å². The smallest absolute Gasteiger partial charge is 0.294 e. The normalized spacial score (nSPS) is 18.9. The van der Waals surface area contributed by atoms with Crippen molar-refractivity contribution in [3.05, 3.63) is 135 Å². The highest BCUT2D eigenvalue weighted by molar-refractivity contribution is 7.86. The van der Waals surface area contributed by atoms with E-state index in [0.29, 0.717) is 138 Å². The summed E-state index contributed by atoms with van der Waals surface area (Å²) in [5.74, 6) is 1.00. The largest absolute Gasteiger partial charge is 0.453 e. The van der Waals surface area contributed by atoms with Gasteiger partial charge < -0.3 is 38.6 Å². The van der Waals surface area contributed by atoms with Crippen molar-refractivity contribution in [1.82, 2.24) is 5.32 Å². The summed E-state index contributed by atoms with van der Waals surface area (Å²) in [6.07, 6.45) is 13.2. The zero-order chi connectivity index (χ0) is 62.0. The number of carbonyl (C=O) groups is 2. The van der Waals surface area contributed by atoms with Gasteiger partial charge in [0.05, 0.1) is 74.7 Å². The second-order valence-corrected chi connectivity index (χ2v) is 27.8. The molecule has 86 heavy (non-hydrogen) atoms. The molecule has 1 atom stereocenters. The van der Waals surface area contributed by atoms with Gasteiger partial charge in [-0.25, -0.2) is 0 Å². The number of carbonyl (C=O) groups excluding carboxylic acids is 2. The highest BCUT2D eigenvalue weighted by Gasteiger charge is 2.45. The Labute approximate surface area is 506 Å². The van der Waals surface area contributed by atoms with Gasteiger partial charge in [-0.1, -0.05) is 38.5 Å². The lowest BCUT2D eigenvalue weighted by atomic mass is 9.74. The van der Waals surface area contributed by atoms with Crippen LogP contribution in [-0.2, 0) is 64.9 Å². The fraction of sp³-hybridized carbons (Fsp3) is 0.508. The Balaban J connectivity index is 1.08. The van der Waals surface area contributed by atoms with Crippen LogP contribution in [0.2, 0.25) is 0 Å². The van der Waals surface area contributed by atoms with Crippen LogP contribution in [0.5, 0.6) is 11.5 Å². The zero-order valence-corrected chi connectivity index (χ0v) is 52.5. The lowest BCUT2D eigenvalue weighted by Gasteiger charge is -2.33. The molecule has 5 aliphatic rings. The maximum Gasteiger partial charge on any atom is 0.294 e. The molecular weight excluding hydrogens is 1170 g/mol. The van der Waals surface area contributed by atoms with Crippen molar-refractivity contribution in [3.63, 3.8) is 0 Å². The number of unbranched alkanes of at least 4 members (excludes halogenated alkanes) is 2. The second kappa shape index (κ2) is 28.5. The number of ketones is 1. The number of anilines is 1. The molecule has 3 aromatic carbocycles. The van der Waals surface area contributed by atoms with Gasteiger partial charge in [-0.15, -0.1) is 0 Å². The highest BCUT2D eigenvalue weighted by atomic mass is 32.2. The van der Waals surface area contributed by atoms with Crippen LogP contribution < -0.4 is 19.7 Å². The summed E-state index contributed by atoms with van der Waals surface area (Å²) >= 11 is 0. The molecule has 0 bridgehead atoms. The molecule has 3 heterocycles. The Morgan fingerprint density at radius 2 is 1.36 bits per heavy atom.